The minimum Gasteiger partial charge on any atom is -0.337 e. The van der Waals surface area contributed by atoms with Crippen molar-refractivity contribution in [3.8, 4) is 0 Å². The number of nitrogens with zero attached hydrogens (tertiary/aromatic N) is 1. The highest BCUT2D eigenvalue weighted by atomic mass is 35.5. The van der Waals surface area contributed by atoms with Gasteiger partial charge in [0.05, 0.1) is 0 Å². The summed E-state index contributed by atoms with van der Waals surface area (Å²) in [5.41, 5.74) is 0.180. The highest BCUT2D eigenvalue weighted by Crippen LogP contribution is 2.35. The van der Waals surface area contributed by atoms with Crippen LogP contribution in [0.1, 0.15) is 47.5 Å². The molecule has 0 aromatic rings. The molecule has 1 atom stereocenters. The molecular weight excluding hydrogens is 222 g/mol. The molecule has 0 bridgehead atoms. The van der Waals surface area contributed by atoms with Gasteiger partial charge in [0.15, 0.2) is 0 Å². The van der Waals surface area contributed by atoms with Crippen molar-refractivity contribution in [2.45, 2.75) is 53.0 Å². The van der Waals surface area contributed by atoms with E-state index in [0.29, 0.717) is 18.2 Å². The first-order valence-corrected chi connectivity index (χ1v) is 6.55. The van der Waals surface area contributed by atoms with Crippen LogP contribution in [0.15, 0.2) is 0 Å². The summed E-state index contributed by atoms with van der Waals surface area (Å²) >= 11 is 5.84. The minimum atomic E-state index is -0.0594. The van der Waals surface area contributed by atoms with E-state index in [-0.39, 0.29) is 16.9 Å². The molecule has 3 heteroatoms. The van der Waals surface area contributed by atoms with Crippen LogP contribution < -0.4 is 0 Å². The molecule has 0 radical (unpaired) electrons. The molecule has 16 heavy (non-hydrogen) atoms. The number of hydrogen-bond donors (Lipinski definition) is 0. The maximum absolute atomic E-state index is 11.9. The molecule has 0 saturated carbocycles. The molecule has 1 saturated heterocycles. The van der Waals surface area contributed by atoms with E-state index < -0.39 is 0 Å². The predicted octanol–water partition coefficient (Wildman–Crippen LogP) is 3.29. The van der Waals surface area contributed by atoms with Gasteiger partial charge in [-0.2, -0.15) is 0 Å². The molecule has 0 aliphatic carbocycles. The first-order chi connectivity index (χ1) is 7.15. The van der Waals surface area contributed by atoms with E-state index >= 15 is 0 Å². The largest absolute Gasteiger partial charge is 0.337 e. The molecule has 0 aromatic heterocycles. The number of carbonyl (C=O) groups is 1. The Kier molecular flexibility index (Phi) is 3.94. The number of hydrogen-bond acceptors (Lipinski definition) is 1. The standard InChI is InChI=1S/C13H24ClNO/c1-12(2,3)9-13(4,5)15-8-10(7-14)6-11(15)16/h10H,6-9H2,1-5H3. The van der Waals surface area contributed by atoms with Gasteiger partial charge in [-0.3, -0.25) is 4.79 Å². The number of rotatable bonds is 3. The van der Waals surface area contributed by atoms with Crippen LogP contribution in [-0.2, 0) is 4.79 Å². The van der Waals surface area contributed by atoms with Gasteiger partial charge in [0.25, 0.3) is 0 Å². The highest BCUT2D eigenvalue weighted by molar-refractivity contribution is 6.18. The van der Waals surface area contributed by atoms with Crippen molar-refractivity contribution in [1.82, 2.24) is 4.90 Å². The van der Waals surface area contributed by atoms with Gasteiger partial charge >= 0.3 is 0 Å². The van der Waals surface area contributed by atoms with Crippen molar-refractivity contribution in [2.24, 2.45) is 11.3 Å². The van der Waals surface area contributed by atoms with Gasteiger partial charge in [0, 0.05) is 24.4 Å². The Balaban J connectivity index is 2.73. The molecule has 94 valence electrons. The van der Waals surface area contributed by atoms with Gasteiger partial charge in [-0.05, 0) is 31.6 Å². The van der Waals surface area contributed by atoms with Crippen LogP contribution in [0.3, 0.4) is 0 Å². The third-order valence-corrected chi connectivity index (χ3v) is 3.55. The van der Waals surface area contributed by atoms with E-state index in [1.165, 1.54) is 0 Å². The first-order valence-electron chi connectivity index (χ1n) is 6.02. The van der Waals surface area contributed by atoms with Crippen LogP contribution in [-0.4, -0.2) is 28.8 Å². The van der Waals surface area contributed by atoms with E-state index in [2.05, 4.69) is 34.6 Å². The number of likely N-dealkylation sites (tertiary alicyclic amines) is 1. The monoisotopic (exact) mass is 245 g/mol. The molecule has 1 rings (SSSR count). The SMILES string of the molecule is CC(C)(C)CC(C)(C)N1CC(CCl)CC1=O. The molecule has 0 spiro atoms. The quantitative estimate of drug-likeness (QED) is 0.699. The topological polar surface area (TPSA) is 20.3 Å². The second-order valence-electron chi connectivity index (χ2n) is 6.78. The number of carbonyl (C=O) groups excluding carboxylic acids is 1. The zero-order valence-corrected chi connectivity index (χ0v) is 11.9. The summed E-state index contributed by atoms with van der Waals surface area (Å²) in [5, 5.41) is 0. The fourth-order valence-electron chi connectivity index (χ4n) is 2.86. The van der Waals surface area contributed by atoms with Gasteiger partial charge in [-0.25, -0.2) is 0 Å². The Labute approximate surface area is 104 Å². The van der Waals surface area contributed by atoms with Gasteiger partial charge in [0.1, 0.15) is 0 Å². The lowest BCUT2D eigenvalue weighted by Crippen LogP contribution is -2.47. The van der Waals surface area contributed by atoms with Crippen LogP contribution in [0.5, 0.6) is 0 Å². The lowest BCUT2D eigenvalue weighted by atomic mass is 9.81. The van der Waals surface area contributed by atoms with Crippen molar-refractivity contribution in [3.63, 3.8) is 0 Å². The summed E-state index contributed by atoms with van der Waals surface area (Å²) in [6, 6.07) is 0. The van der Waals surface area contributed by atoms with Crippen LogP contribution >= 0.6 is 11.6 Å². The van der Waals surface area contributed by atoms with Crippen LogP contribution in [0.4, 0.5) is 0 Å². The van der Waals surface area contributed by atoms with Crippen molar-refractivity contribution in [2.75, 3.05) is 12.4 Å². The molecule has 1 amide bonds. The average Bonchev–Trinajstić information content (AvgIpc) is 2.43. The van der Waals surface area contributed by atoms with Gasteiger partial charge in [-0.15, -0.1) is 11.6 Å². The molecule has 1 heterocycles. The fourth-order valence-corrected chi connectivity index (χ4v) is 3.07. The van der Waals surface area contributed by atoms with Crippen LogP contribution in [0.25, 0.3) is 0 Å². The summed E-state index contributed by atoms with van der Waals surface area (Å²) < 4.78 is 0. The van der Waals surface area contributed by atoms with E-state index in [1.807, 2.05) is 4.90 Å². The maximum Gasteiger partial charge on any atom is 0.223 e. The van der Waals surface area contributed by atoms with Crippen LogP contribution in [0.2, 0.25) is 0 Å². The van der Waals surface area contributed by atoms with E-state index in [1.54, 1.807) is 0 Å². The molecular formula is C13H24ClNO. The van der Waals surface area contributed by atoms with Crippen LogP contribution in [0, 0.1) is 11.3 Å². The fraction of sp³-hybridized carbons (Fsp3) is 0.923. The summed E-state index contributed by atoms with van der Waals surface area (Å²) in [6.45, 7) is 11.8. The maximum atomic E-state index is 11.9. The van der Waals surface area contributed by atoms with E-state index in [0.717, 1.165) is 13.0 Å². The normalized spacial score (nSPS) is 23.0. The Morgan fingerprint density at radius 3 is 2.25 bits per heavy atom. The third kappa shape index (κ3) is 3.38. The molecule has 1 fully saturated rings. The highest BCUT2D eigenvalue weighted by Gasteiger charge is 2.40. The Morgan fingerprint density at radius 2 is 1.88 bits per heavy atom. The zero-order valence-electron chi connectivity index (χ0n) is 11.1. The number of alkyl halides is 1. The van der Waals surface area contributed by atoms with Crippen molar-refractivity contribution >= 4 is 17.5 Å². The summed E-state index contributed by atoms with van der Waals surface area (Å²) in [6.07, 6.45) is 1.64. The third-order valence-electron chi connectivity index (χ3n) is 3.12. The Bertz CT molecular complexity index is 268. The molecule has 2 nitrogen and oxygen atoms in total. The molecule has 0 aromatic carbocycles. The van der Waals surface area contributed by atoms with E-state index in [4.69, 9.17) is 11.6 Å². The summed E-state index contributed by atoms with van der Waals surface area (Å²) in [5.74, 6) is 1.20. The average molecular weight is 246 g/mol. The smallest absolute Gasteiger partial charge is 0.223 e. The second kappa shape index (κ2) is 4.56. The predicted molar refractivity (Wildman–Crippen MR) is 68.7 cm³/mol. The van der Waals surface area contributed by atoms with Gasteiger partial charge < -0.3 is 4.90 Å². The van der Waals surface area contributed by atoms with Gasteiger partial charge in [-0.1, -0.05) is 20.8 Å². The van der Waals surface area contributed by atoms with Crippen molar-refractivity contribution in [1.29, 1.82) is 0 Å². The lowest BCUT2D eigenvalue weighted by Gasteiger charge is -2.40. The zero-order chi connectivity index (χ0) is 12.6. The Hall–Kier alpha value is -0.240. The summed E-state index contributed by atoms with van der Waals surface area (Å²) in [7, 11) is 0. The molecule has 0 N–H and O–H groups in total. The Morgan fingerprint density at radius 1 is 1.31 bits per heavy atom. The number of amides is 1. The molecule has 1 unspecified atom stereocenters. The number of halogens is 1. The van der Waals surface area contributed by atoms with E-state index in [9.17, 15) is 4.79 Å². The molecule has 1 aliphatic rings. The molecule has 1 aliphatic heterocycles. The van der Waals surface area contributed by atoms with Crippen molar-refractivity contribution in [3.05, 3.63) is 0 Å². The van der Waals surface area contributed by atoms with Crippen molar-refractivity contribution < 1.29 is 4.79 Å². The summed E-state index contributed by atoms with van der Waals surface area (Å²) in [4.78, 5) is 14.0. The first kappa shape index (κ1) is 13.8. The van der Waals surface area contributed by atoms with Gasteiger partial charge in [0.2, 0.25) is 5.91 Å². The second-order valence-corrected chi connectivity index (χ2v) is 7.09. The minimum absolute atomic E-state index is 0.0594. The lowest BCUT2D eigenvalue weighted by molar-refractivity contribution is -0.133.